The average molecular weight is 382 g/mol. The first kappa shape index (κ1) is 14.6. The highest BCUT2D eigenvalue weighted by atomic mass is 127. The molecular formula is C15H15IN2O2. The van der Waals surface area contributed by atoms with E-state index in [-0.39, 0.29) is 12.5 Å². The molecule has 0 fully saturated rings. The second-order valence-corrected chi connectivity index (χ2v) is 5.38. The molecule has 0 unspecified atom stereocenters. The average Bonchev–Trinajstić information content (AvgIpc) is 2.48. The van der Waals surface area contributed by atoms with Crippen molar-refractivity contribution in [3.63, 3.8) is 0 Å². The second-order valence-electron chi connectivity index (χ2n) is 4.14. The molecule has 0 spiro atoms. The van der Waals surface area contributed by atoms with Crippen molar-refractivity contribution in [2.24, 2.45) is 0 Å². The van der Waals surface area contributed by atoms with Crippen molar-refractivity contribution < 1.29 is 9.53 Å². The Kier molecular flexibility index (Phi) is 5.23. The highest BCUT2D eigenvalue weighted by Gasteiger charge is 2.02. The van der Waals surface area contributed by atoms with Crippen molar-refractivity contribution in [2.45, 2.75) is 0 Å². The van der Waals surface area contributed by atoms with Gasteiger partial charge in [0, 0.05) is 14.9 Å². The molecule has 0 aliphatic carbocycles. The number of anilines is 2. The number of hydrogen-bond acceptors (Lipinski definition) is 3. The summed E-state index contributed by atoms with van der Waals surface area (Å²) in [6.07, 6.45) is 0. The van der Waals surface area contributed by atoms with Crippen LogP contribution >= 0.6 is 22.6 Å². The molecule has 0 saturated carbocycles. The zero-order valence-electron chi connectivity index (χ0n) is 11.0. The van der Waals surface area contributed by atoms with Gasteiger partial charge in [0.1, 0.15) is 5.75 Å². The Morgan fingerprint density at radius 2 is 1.65 bits per heavy atom. The molecule has 0 atom stereocenters. The fraction of sp³-hybridized carbons (Fsp3) is 0.133. The number of halogens is 1. The molecule has 4 nitrogen and oxygen atoms in total. The van der Waals surface area contributed by atoms with Crippen molar-refractivity contribution in [2.75, 3.05) is 24.3 Å². The Labute approximate surface area is 131 Å². The molecule has 0 bridgehead atoms. The summed E-state index contributed by atoms with van der Waals surface area (Å²) in [5.74, 6) is 0.709. The minimum absolute atomic E-state index is 0.0815. The van der Waals surface area contributed by atoms with Crippen LogP contribution in [0.25, 0.3) is 0 Å². The van der Waals surface area contributed by atoms with Gasteiger partial charge in [-0.15, -0.1) is 0 Å². The molecule has 0 aromatic heterocycles. The molecule has 0 radical (unpaired) electrons. The third kappa shape index (κ3) is 4.41. The van der Waals surface area contributed by atoms with Gasteiger partial charge < -0.3 is 15.4 Å². The van der Waals surface area contributed by atoms with E-state index < -0.39 is 0 Å². The van der Waals surface area contributed by atoms with Gasteiger partial charge in [0.05, 0.1) is 13.7 Å². The first-order valence-corrected chi connectivity index (χ1v) is 7.18. The highest BCUT2D eigenvalue weighted by molar-refractivity contribution is 14.1. The fourth-order valence-electron chi connectivity index (χ4n) is 1.63. The predicted molar refractivity (Wildman–Crippen MR) is 89.3 cm³/mol. The molecule has 20 heavy (non-hydrogen) atoms. The maximum atomic E-state index is 11.8. The number of hydrogen-bond donors (Lipinski definition) is 2. The van der Waals surface area contributed by atoms with Gasteiger partial charge in [0.2, 0.25) is 5.91 Å². The molecule has 1 amide bonds. The predicted octanol–water partition coefficient (Wildman–Crippen LogP) is 3.35. The van der Waals surface area contributed by atoms with Crippen LogP contribution in [-0.4, -0.2) is 19.6 Å². The van der Waals surface area contributed by atoms with E-state index >= 15 is 0 Å². The Morgan fingerprint density at radius 3 is 2.25 bits per heavy atom. The number of nitrogens with one attached hydrogen (secondary N) is 2. The minimum Gasteiger partial charge on any atom is -0.497 e. The van der Waals surface area contributed by atoms with Crippen LogP contribution in [0.15, 0.2) is 48.5 Å². The van der Waals surface area contributed by atoms with Crippen molar-refractivity contribution in [1.82, 2.24) is 0 Å². The van der Waals surface area contributed by atoms with E-state index in [2.05, 4.69) is 33.2 Å². The lowest BCUT2D eigenvalue weighted by molar-refractivity contribution is -0.114. The normalized spacial score (nSPS) is 9.90. The maximum Gasteiger partial charge on any atom is 0.243 e. The van der Waals surface area contributed by atoms with Gasteiger partial charge in [-0.2, -0.15) is 0 Å². The second kappa shape index (κ2) is 7.14. The molecule has 2 aromatic rings. The van der Waals surface area contributed by atoms with Crippen LogP contribution in [0, 0.1) is 3.57 Å². The Balaban J connectivity index is 1.83. The molecule has 0 heterocycles. The van der Waals surface area contributed by atoms with Crippen molar-refractivity contribution in [1.29, 1.82) is 0 Å². The third-order valence-corrected chi connectivity index (χ3v) is 3.39. The molecular weight excluding hydrogens is 367 g/mol. The van der Waals surface area contributed by atoms with Crippen LogP contribution in [0.2, 0.25) is 0 Å². The number of rotatable bonds is 5. The summed E-state index contributed by atoms with van der Waals surface area (Å²) in [6, 6.07) is 15.1. The van der Waals surface area contributed by atoms with Gasteiger partial charge in [-0.25, -0.2) is 0 Å². The van der Waals surface area contributed by atoms with Crippen LogP contribution in [0.4, 0.5) is 11.4 Å². The summed E-state index contributed by atoms with van der Waals surface area (Å²) in [5, 5.41) is 5.89. The summed E-state index contributed by atoms with van der Waals surface area (Å²) < 4.78 is 6.21. The topological polar surface area (TPSA) is 50.4 Å². The number of ether oxygens (including phenoxy) is 1. The van der Waals surface area contributed by atoms with Gasteiger partial charge in [-0.05, 0) is 71.1 Å². The van der Waals surface area contributed by atoms with Gasteiger partial charge in [0.25, 0.3) is 0 Å². The van der Waals surface area contributed by atoms with E-state index in [9.17, 15) is 4.79 Å². The largest absolute Gasteiger partial charge is 0.497 e. The van der Waals surface area contributed by atoms with Crippen LogP contribution in [0.1, 0.15) is 0 Å². The molecule has 0 aliphatic rings. The summed E-state index contributed by atoms with van der Waals surface area (Å²) in [7, 11) is 1.62. The zero-order chi connectivity index (χ0) is 14.4. The number of carbonyl (C=O) groups is 1. The van der Waals surface area contributed by atoms with E-state index in [4.69, 9.17) is 4.74 Å². The van der Waals surface area contributed by atoms with Crippen molar-refractivity contribution in [3.8, 4) is 5.75 Å². The van der Waals surface area contributed by atoms with Crippen LogP contribution < -0.4 is 15.4 Å². The number of benzene rings is 2. The molecule has 0 saturated heterocycles. The summed E-state index contributed by atoms with van der Waals surface area (Å²) in [6.45, 7) is 0.221. The van der Waals surface area contributed by atoms with E-state index in [1.807, 2.05) is 48.5 Å². The first-order valence-electron chi connectivity index (χ1n) is 6.11. The number of carbonyl (C=O) groups excluding carboxylic acids is 1. The molecule has 5 heteroatoms. The summed E-state index contributed by atoms with van der Waals surface area (Å²) in [5.41, 5.74) is 1.68. The van der Waals surface area contributed by atoms with E-state index in [1.54, 1.807) is 7.11 Å². The third-order valence-electron chi connectivity index (χ3n) is 2.67. The van der Waals surface area contributed by atoms with Gasteiger partial charge in [-0.1, -0.05) is 0 Å². The number of amides is 1. The standard InChI is InChI=1S/C15H15IN2O2/c1-20-14-8-6-12(7-9-14)17-10-15(19)18-13-4-2-11(16)3-5-13/h2-9,17H,10H2,1H3,(H,18,19). The summed E-state index contributed by atoms with van der Waals surface area (Å²) in [4.78, 5) is 11.8. The van der Waals surface area contributed by atoms with Gasteiger partial charge >= 0.3 is 0 Å². The summed E-state index contributed by atoms with van der Waals surface area (Å²) >= 11 is 2.22. The van der Waals surface area contributed by atoms with Crippen molar-refractivity contribution >= 4 is 39.9 Å². The van der Waals surface area contributed by atoms with Crippen LogP contribution in [0.3, 0.4) is 0 Å². The van der Waals surface area contributed by atoms with E-state index in [1.165, 1.54) is 0 Å². The molecule has 2 rings (SSSR count). The first-order chi connectivity index (χ1) is 9.67. The Hall–Kier alpha value is -1.76. The van der Waals surface area contributed by atoms with Gasteiger partial charge in [0.15, 0.2) is 0 Å². The SMILES string of the molecule is COc1ccc(NCC(=O)Nc2ccc(I)cc2)cc1. The van der Waals surface area contributed by atoms with E-state index in [0.717, 1.165) is 20.7 Å². The van der Waals surface area contributed by atoms with Crippen LogP contribution in [0.5, 0.6) is 5.75 Å². The lowest BCUT2D eigenvalue weighted by Gasteiger charge is -2.08. The number of methoxy groups -OCH3 is 1. The van der Waals surface area contributed by atoms with Crippen LogP contribution in [-0.2, 0) is 4.79 Å². The lowest BCUT2D eigenvalue weighted by atomic mass is 10.3. The van der Waals surface area contributed by atoms with Gasteiger partial charge in [-0.3, -0.25) is 4.79 Å². The lowest BCUT2D eigenvalue weighted by Crippen LogP contribution is -2.21. The van der Waals surface area contributed by atoms with E-state index in [0.29, 0.717) is 0 Å². The molecule has 0 aliphatic heterocycles. The zero-order valence-corrected chi connectivity index (χ0v) is 13.2. The Morgan fingerprint density at radius 1 is 1.05 bits per heavy atom. The molecule has 2 N–H and O–H groups in total. The highest BCUT2D eigenvalue weighted by Crippen LogP contribution is 2.15. The molecule has 104 valence electrons. The van der Waals surface area contributed by atoms with Crippen molar-refractivity contribution in [3.05, 3.63) is 52.1 Å². The monoisotopic (exact) mass is 382 g/mol. The smallest absolute Gasteiger partial charge is 0.243 e. The quantitative estimate of drug-likeness (QED) is 0.780. The maximum absolute atomic E-state index is 11.8. The minimum atomic E-state index is -0.0815. The Bertz CT molecular complexity index is 567. The fourth-order valence-corrected chi connectivity index (χ4v) is 1.99. The molecule has 2 aromatic carbocycles.